The number of aryl methyl sites for hydroxylation is 1. The summed E-state index contributed by atoms with van der Waals surface area (Å²) < 4.78 is 1.64. The van der Waals surface area contributed by atoms with Gasteiger partial charge in [0.1, 0.15) is 0 Å². The molecule has 0 radical (unpaired) electrons. The van der Waals surface area contributed by atoms with Gasteiger partial charge in [-0.05, 0) is 13.3 Å². The van der Waals surface area contributed by atoms with Gasteiger partial charge in [-0.15, -0.1) is 0 Å². The van der Waals surface area contributed by atoms with Crippen LogP contribution in [0.4, 0.5) is 5.82 Å². The fourth-order valence-electron chi connectivity index (χ4n) is 1.05. The largest absolute Gasteiger partial charge is 0.328 e. The van der Waals surface area contributed by atoms with Crippen LogP contribution in [0.1, 0.15) is 19.8 Å². The Labute approximate surface area is 83.3 Å². The average molecular weight is 196 g/mol. The predicted octanol–water partition coefficient (Wildman–Crippen LogP) is 0.486. The number of aromatic nitrogens is 2. The standard InChI is InChI=1S/C9H16N4O/c1-7(10)3-4-9(14)11-8-5-6-13(2)12-8/h5-7H,3-4,10H2,1-2H3,(H,11,12,14). The smallest absolute Gasteiger partial charge is 0.225 e. The van der Waals surface area contributed by atoms with Crippen LogP contribution in [0.25, 0.3) is 0 Å². The van der Waals surface area contributed by atoms with Gasteiger partial charge in [-0.2, -0.15) is 5.10 Å². The number of nitrogens with one attached hydrogen (secondary N) is 1. The van der Waals surface area contributed by atoms with E-state index >= 15 is 0 Å². The molecule has 5 nitrogen and oxygen atoms in total. The number of nitrogens with zero attached hydrogens (tertiary/aromatic N) is 2. The normalized spacial score (nSPS) is 12.5. The fraction of sp³-hybridized carbons (Fsp3) is 0.556. The first-order chi connectivity index (χ1) is 6.58. The van der Waals surface area contributed by atoms with Gasteiger partial charge in [0, 0.05) is 31.8 Å². The maximum Gasteiger partial charge on any atom is 0.225 e. The summed E-state index contributed by atoms with van der Waals surface area (Å²) in [5.41, 5.74) is 5.54. The van der Waals surface area contributed by atoms with E-state index in [0.29, 0.717) is 18.7 Å². The third kappa shape index (κ3) is 3.57. The molecule has 1 rings (SSSR count). The molecule has 1 atom stereocenters. The molecule has 78 valence electrons. The molecule has 0 aliphatic heterocycles. The lowest BCUT2D eigenvalue weighted by Crippen LogP contribution is -2.19. The highest BCUT2D eigenvalue weighted by atomic mass is 16.1. The van der Waals surface area contributed by atoms with Crippen LogP contribution < -0.4 is 11.1 Å². The van der Waals surface area contributed by atoms with E-state index in [-0.39, 0.29) is 11.9 Å². The van der Waals surface area contributed by atoms with Crippen LogP contribution in [0, 0.1) is 0 Å². The summed E-state index contributed by atoms with van der Waals surface area (Å²) >= 11 is 0. The van der Waals surface area contributed by atoms with E-state index < -0.39 is 0 Å². The Morgan fingerprint density at radius 2 is 2.50 bits per heavy atom. The zero-order valence-corrected chi connectivity index (χ0v) is 8.53. The van der Waals surface area contributed by atoms with Crippen LogP contribution in [-0.2, 0) is 11.8 Å². The quantitative estimate of drug-likeness (QED) is 0.736. The molecule has 0 aliphatic rings. The van der Waals surface area contributed by atoms with Gasteiger partial charge >= 0.3 is 0 Å². The second-order valence-electron chi connectivity index (χ2n) is 3.44. The highest BCUT2D eigenvalue weighted by Gasteiger charge is 2.05. The topological polar surface area (TPSA) is 72.9 Å². The van der Waals surface area contributed by atoms with Crippen LogP contribution in [0.15, 0.2) is 12.3 Å². The summed E-state index contributed by atoms with van der Waals surface area (Å²) in [7, 11) is 1.80. The Morgan fingerprint density at radius 3 is 3.00 bits per heavy atom. The zero-order valence-electron chi connectivity index (χ0n) is 8.53. The van der Waals surface area contributed by atoms with Crippen molar-refractivity contribution in [2.45, 2.75) is 25.8 Å². The van der Waals surface area contributed by atoms with Gasteiger partial charge in [0.15, 0.2) is 5.82 Å². The number of hydrogen-bond donors (Lipinski definition) is 2. The van der Waals surface area contributed by atoms with Crippen LogP contribution in [0.3, 0.4) is 0 Å². The third-order valence-electron chi connectivity index (χ3n) is 1.81. The van der Waals surface area contributed by atoms with Crippen LogP contribution in [0.5, 0.6) is 0 Å². The number of hydrogen-bond acceptors (Lipinski definition) is 3. The number of rotatable bonds is 4. The first-order valence-corrected chi connectivity index (χ1v) is 4.63. The van der Waals surface area contributed by atoms with Crippen molar-refractivity contribution >= 4 is 11.7 Å². The van der Waals surface area contributed by atoms with Gasteiger partial charge in [0.25, 0.3) is 0 Å². The molecule has 1 amide bonds. The lowest BCUT2D eigenvalue weighted by atomic mass is 10.2. The summed E-state index contributed by atoms with van der Waals surface area (Å²) in [4.78, 5) is 11.3. The minimum atomic E-state index is -0.0407. The summed E-state index contributed by atoms with van der Waals surface area (Å²) in [6.45, 7) is 1.88. The van der Waals surface area contributed by atoms with E-state index in [1.54, 1.807) is 24.0 Å². The second-order valence-corrected chi connectivity index (χ2v) is 3.44. The van der Waals surface area contributed by atoms with Gasteiger partial charge in [-0.25, -0.2) is 0 Å². The highest BCUT2D eigenvalue weighted by molar-refractivity contribution is 5.89. The van der Waals surface area contributed by atoms with E-state index in [0.717, 1.165) is 0 Å². The van der Waals surface area contributed by atoms with Crippen LogP contribution >= 0.6 is 0 Å². The third-order valence-corrected chi connectivity index (χ3v) is 1.81. The molecule has 0 saturated heterocycles. The molecule has 0 aliphatic carbocycles. The molecule has 14 heavy (non-hydrogen) atoms. The van der Waals surface area contributed by atoms with E-state index in [4.69, 9.17) is 5.73 Å². The number of nitrogens with two attached hydrogens (primary N) is 1. The summed E-state index contributed by atoms with van der Waals surface area (Å²) in [5, 5.41) is 6.72. The molecule has 1 unspecified atom stereocenters. The van der Waals surface area contributed by atoms with E-state index in [1.165, 1.54) is 0 Å². The van der Waals surface area contributed by atoms with Gasteiger partial charge < -0.3 is 11.1 Å². The molecular weight excluding hydrogens is 180 g/mol. The molecule has 0 saturated carbocycles. The van der Waals surface area contributed by atoms with Gasteiger partial charge in [0.05, 0.1) is 0 Å². The second kappa shape index (κ2) is 4.76. The molecule has 1 aromatic heterocycles. The molecule has 0 spiro atoms. The minimum absolute atomic E-state index is 0.0407. The number of carbonyl (C=O) groups excluding carboxylic acids is 1. The highest BCUT2D eigenvalue weighted by Crippen LogP contribution is 2.03. The van der Waals surface area contributed by atoms with Gasteiger partial charge in [-0.3, -0.25) is 9.48 Å². The zero-order chi connectivity index (χ0) is 10.6. The van der Waals surface area contributed by atoms with Crippen molar-refractivity contribution in [1.29, 1.82) is 0 Å². The lowest BCUT2D eigenvalue weighted by molar-refractivity contribution is -0.116. The maximum atomic E-state index is 11.3. The Balaban J connectivity index is 2.34. The van der Waals surface area contributed by atoms with E-state index in [1.807, 2.05) is 6.92 Å². The van der Waals surface area contributed by atoms with Crippen molar-refractivity contribution in [3.63, 3.8) is 0 Å². The minimum Gasteiger partial charge on any atom is -0.328 e. The molecule has 1 heterocycles. The average Bonchev–Trinajstić information content (AvgIpc) is 2.48. The number of carbonyl (C=O) groups is 1. The van der Waals surface area contributed by atoms with Crippen molar-refractivity contribution in [3.8, 4) is 0 Å². The molecule has 0 fully saturated rings. The van der Waals surface area contributed by atoms with Crippen molar-refractivity contribution < 1.29 is 4.79 Å². The maximum absolute atomic E-state index is 11.3. The van der Waals surface area contributed by atoms with Crippen LogP contribution in [-0.4, -0.2) is 21.7 Å². The summed E-state index contributed by atoms with van der Waals surface area (Å²) in [6.07, 6.45) is 2.91. The van der Waals surface area contributed by atoms with Crippen molar-refractivity contribution in [2.24, 2.45) is 12.8 Å². The van der Waals surface area contributed by atoms with Gasteiger partial charge in [0.2, 0.25) is 5.91 Å². The molecule has 0 bridgehead atoms. The Morgan fingerprint density at radius 1 is 1.79 bits per heavy atom. The van der Waals surface area contributed by atoms with E-state index in [9.17, 15) is 4.79 Å². The SMILES string of the molecule is CC(N)CCC(=O)Nc1ccn(C)n1. The Bertz CT molecular complexity index is 306. The summed E-state index contributed by atoms with van der Waals surface area (Å²) in [5.74, 6) is 0.545. The van der Waals surface area contributed by atoms with Crippen LogP contribution in [0.2, 0.25) is 0 Å². The number of anilines is 1. The van der Waals surface area contributed by atoms with Crippen molar-refractivity contribution in [1.82, 2.24) is 9.78 Å². The van der Waals surface area contributed by atoms with E-state index in [2.05, 4.69) is 10.4 Å². The molecule has 0 aromatic carbocycles. The molecule has 3 N–H and O–H groups in total. The van der Waals surface area contributed by atoms with Crippen molar-refractivity contribution in [2.75, 3.05) is 5.32 Å². The lowest BCUT2D eigenvalue weighted by Gasteiger charge is -2.04. The molecular formula is C9H16N4O. The Hall–Kier alpha value is -1.36. The Kier molecular flexibility index (Phi) is 3.64. The number of amides is 1. The molecule has 5 heteroatoms. The summed E-state index contributed by atoms with van der Waals surface area (Å²) in [6, 6.07) is 1.81. The fourth-order valence-corrected chi connectivity index (χ4v) is 1.05. The van der Waals surface area contributed by atoms with Crippen molar-refractivity contribution in [3.05, 3.63) is 12.3 Å². The first-order valence-electron chi connectivity index (χ1n) is 4.63. The predicted molar refractivity (Wildman–Crippen MR) is 54.7 cm³/mol. The monoisotopic (exact) mass is 196 g/mol. The molecule has 1 aromatic rings. The first kappa shape index (κ1) is 10.7. The van der Waals surface area contributed by atoms with Gasteiger partial charge in [-0.1, -0.05) is 0 Å².